The van der Waals surface area contributed by atoms with Crippen LogP contribution in [0.25, 0.3) is 0 Å². The van der Waals surface area contributed by atoms with E-state index in [2.05, 4.69) is 5.32 Å². The Hall–Kier alpha value is -1.94. The molecular formula is C15H15ClFNO2. The van der Waals surface area contributed by atoms with Gasteiger partial charge in [0.15, 0.2) is 11.5 Å². The summed E-state index contributed by atoms with van der Waals surface area (Å²) in [4.78, 5) is 0. The molecule has 2 aromatic rings. The van der Waals surface area contributed by atoms with E-state index >= 15 is 0 Å². The molecule has 106 valence electrons. The second-order valence-corrected chi connectivity index (χ2v) is 4.89. The molecule has 2 N–H and O–H groups in total. The minimum Gasteiger partial charge on any atom is -0.504 e. The maximum atomic E-state index is 13.7. The number of anilines is 1. The summed E-state index contributed by atoms with van der Waals surface area (Å²) in [6, 6.07) is 8.04. The van der Waals surface area contributed by atoms with E-state index < -0.39 is 0 Å². The number of hydrogen-bond donors (Lipinski definition) is 2. The van der Waals surface area contributed by atoms with Crippen molar-refractivity contribution in [2.24, 2.45) is 0 Å². The molecule has 0 saturated carbocycles. The van der Waals surface area contributed by atoms with Crippen molar-refractivity contribution in [1.82, 2.24) is 0 Å². The molecule has 0 unspecified atom stereocenters. The van der Waals surface area contributed by atoms with Gasteiger partial charge < -0.3 is 15.2 Å². The fourth-order valence-corrected chi connectivity index (χ4v) is 2.10. The van der Waals surface area contributed by atoms with E-state index in [4.69, 9.17) is 16.3 Å². The lowest BCUT2D eigenvalue weighted by Gasteiger charge is -2.12. The van der Waals surface area contributed by atoms with E-state index in [1.54, 1.807) is 12.1 Å². The first-order valence-electron chi connectivity index (χ1n) is 6.06. The Morgan fingerprint density at radius 3 is 2.70 bits per heavy atom. The molecule has 20 heavy (non-hydrogen) atoms. The highest BCUT2D eigenvalue weighted by atomic mass is 35.5. The fourth-order valence-electron chi connectivity index (χ4n) is 1.87. The topological polar surface area (TPSA) is 41.5 Å². The normalized spacial score (nSPS) is 10.4. The van der Waals surface area contributed by atoms with Gasteiger partial charge in [0.1, 0.15) is 5.82 Å². The SMILES string of the molecule is COc1cc(Cl)cc(CNc2ccc(C)cc2F)c1O. The first-order chi connectivity index (χ1) is 9.51. The van der Waals surface area contributed by atoms with Crippen molar-refractivity contribution in [2.75, 3.05) is 12.4 Å². The first kappa shape index (κ1) is 14.5. The Morgan fingerprint density at radius 1 is 1.30 bits per heavy atom. The Labute approximate surface area is 122 Å². The first-order valence-corrected chi connectivity index (χ1v) is 6.44. The van der Waals surface area contributed by atoms with Crippen LogP contribution in [0.1, 0.15) is 11.1 Å². The molecule has 0 amide bonds. The van der Waals surface area contributed by atoms with Gasteiger partial charge in [0.2, 0.25) is 0 Å². The second kappa shape index (κ2) is 6.01. The number of hydrogen-bond acceptors (Lipinski definition) is 3. The molecule has 0 saturated heterocycles. The van der Waals surface area contributed by atoms with Gasteiger partial charge in [0.25, 0.3) is 0 Å². The number of aryl methyl sites for hydroxylation is 1. The molecule has 0 aromatic heterocycles. The molecule has 2 rings (SSSR count). The smallest absolute Gasteiger partial charge is 0.162 e. The fraction of sp³-hybridized carbons (Fsp3) is 0.200. The zero-order valence-electron chi connectivity index (χ0n) is 11.2. The van der Waals surface area contributed by atoms with E-state index in [1.807, 2.05) is 13.0 Å². The van der Waals surface area contributed by atoms with Crippen molar-refractivity contribution in [3.05, 3.63) is 52.3 Å². The standard InChI is InChI=1S/C15H15ClFNO2/c1-9-3-4-13(12(17)5-9)18-8-10-6-11(16)7-14(20-2)15(10)19/h3-7,18-19H,8H2,1-2H3. The second-order valence-electron chi connectivity index (χ2n) is 4.45. The predicted octanol–water partition coefficient (Wildman–Crippen LogP) is 4.11. The van der Waals surface area contributed by atoms with Crippen LogP contribution in [0.15, 0.2) is 30.3 Å². The zero-order chi connectivity index (χ0) is 14.7. The van der Waals surface area contributed by atoms with Crippen molar-refractivity contribution in [3.63, 3.8) is 0 Å². The summed E-state index contributed by atoms with van der Waals surface area (Å²) in [5.74, 6) is -0.0471. The molecule has 0 atom stereocenters. The molecule has 5 heteroatoms. The van der Waals surface area contributed by atoms with Gasteiger partial charge in [-0.2, -0.15) is 0 Å². The van der Waals surface area contributed by atoms with Crippen LogP contribution in [-0.2, 0) is 6.54 Å². The summed E-state index contributed by atoms with van der Waals surface area (Å²) >= 11 is 5.94. The van der Waals surface area contributed by atoms with Crippen LogP contribution in [0.2, 0.25) is 5.02 Å². The molecule has 0 heterocycles. The summed E-state index contributed by atoms with van der Waals surface area (Å²) in [7, 11) is 1.45. The van der Waals surface area contributed by atoms with Gasteiger partial charge >= 0.3 is 0 Å². The maximum Gasteiger partial charge on any atom is 0.162 e. The number of ether oxygens (including phenoxy) is 1. The van der Waals surface area contributed by atoms with Gasteiger partial charge in [-0.3, -0.25) is 0 Å². The molecule has 0 aliphatic heterocycles. The molecule has 0 radical (unpaired) electrons. The number of nitrogens with one attached hydrogen (secondary N) is 1. The van der Waals surface area contributed by atoms with Crippen molar-refractivity contribution in [1.29, 1.82) is 0 Å². The van der Waals surface area contributed by atoms with Crippen LogP contribution in [0, 0.1) is 12.7 Å². The van der Waals surface area contributed by atoms with Crippen LogP contribution < -0.4 is 10.1 Å². The molecule has 0 fully saturated rings. The Bertz CT molecular complexity index is 632. The molecular weight excluding hydrogens is 281 g/mol. The molecule has 0 aliphatic rings. The van der Waals surface area contributed by atoms with Gasteiger partial charge in [-0.15, -0.1) is 0 Å². The summed E-state index contributed by atoms with van der Waals surface area (Å²) in [6.07, 6.45) is 0. The van der Waals surface area contributed by atoms with Crippen LogP contribution in [0.5, 0.6) is 11.5 Å². The molecule has 0 aliphatic carbocycles. The summed E-state index contributed by atoms with van der Waals surface area (Å²) in [5.41, 5.74) is 1.75. The number of phenols is 1. The quantitative estimate of drug-likeness (QED) is 0.892. The Balaban J connectivity index is 2.20. The minimum absolute atomic E-state index is 0.00285. The lowest BCUT2D eigenvalue weighted by molar-refractivity contribution is 0.371. The van der Waals surface area contributed by atoms with E-state index in [-0.39, 0.29) is 18.1 Å². The third-order valence-electron chi connectivity index (χ3n) is 2.93. The average Bonchev–Trinajstić information content (AvgIpc) is 2.41. The average molecular weight is 296 g/mol. The molecule has 0 bridgehead atoms. The lowest BCUT2D eigenvalue weighted by atomic mass is 10.1. The number of phenolic OH excluding ortho intramolecular Hbond substituents is 1. The monoisotopic (exact) mass is 295 g/mol. The lowest BCUT2D eigenvalue weighted by Crippen LogP contribution is -2.02. The summed E-state index contributed by atoms with van der Waals surface area (Å²) < 4.78 is 18.7. The van der Waals surface area contributed by atoms with Gasteiger partial charge in [-0.05, 0) is 30.7 Å². The van der Waals surface area contributed by atoms with Crippen molar-refractivity contribution in [3.8, 4) is 11.5 Å². The third kappa shape index (κ3) is 3.14. The third-order valence-corrected chi connectivity index (χ3v) is 3.15. The number of halogens is 2. The molecule has 3 nitrogen and oxygen atoms in total. The van der Waals surface area contributed by atoms with Gasteiger partial charge in [-0.25, -0.2) is 4.39 Å². The van der Waals surface area contributed by atoms with E-state index in [9.17, 15) is 9.50 Å². The van der Waals surface area contributed by atoms with Crippen LogP contribution in [-0.4, -0.2) is 12.2 Å². The highest BCUT2D eigenvalue weighted by Crippen LogP contribution is 2.33. The molecule has 2 aromatic carbocycles. The van der Waals surface area contributed by atoms with Gasteiger partial charge in [-0.1, -0.05) is 17.7 Å². The van der Waals surface area contributed by atoms with Crippen LogP contribution in [0.3, 0.4) is 0 Å². The van der Waals surface area contributed by atoms with Crippen LogP contribution in [0.4, 0.5) is 10.1 Å². The number of aromatic hydroxyl groups is 1. The summed E-state index contributed by atoms with van der Waals surface area (Å²) in [5, 5.41) is 13.4. The van der Waals surface area contributed by atoms with Crippen molar-refractivity contribution < 1.29 is 14.2 Å². The number of rotatable bonds is 4. The largest absolute Gasteiger partial charge is 0.504 e. The highest BCUT2D eigenvalue weighted by molar-refractivity contribution is 6.30. The Morgan fingerprint density at radius 2 is 2.05 bits per heavy atom. The maximum absolute atomic E-state index is 13.7. The Kier molecular flexibility index (Phi) is 4.35. The number of methoxy groups -OCH3 is 1. The van der Waals surface area contributed by atoms with Crippen LogP contribution >= 0.6 is 11.6 Å². The zero-order valence-corrected chi connectivity index (χ0v) is 12.0. The van der Waals surface area contributed by atoms with E-state index in [1.165, 1.54) is 19.2 Å². The van der Waals surface area contributed by atoms with Crippen molar-refractivity contribution in [2.45, 2.75) is 13.5 Å². The van der Waals surface area contributed by atoms with Gasteiger partial charge in [0.05, 0.1) is 12.8 Å². The minimum atomic E-state index is -0.335. The van der Waals surface area contributed by atoms with Crippen molar-refractivity contribution >= 4 is 17.3 Å². The number of benzene rings is 2. The summed E-state index contributed by atoms with van der Waals surface area (Å²) in [6.45, 7) is 2.06. The predicted molar refractivity (Wildman–Crippen MR) is 78.1 cm³/mol. The van der Waals surface area contributed by atoms with Gasteiger partial charge in [0, 0.05) is 23.2 Å². The molecule has 0 spiro atoms. The van der Waals surface area contributed by atoms with E-state index in [0.29, 0.717) is 22.0 Å². The van der Waals surface area contributed by atoms with E-state index in [0.717, 1.165) is 5.56 Å². The highest BCUT2D eigenvalue weighted by Gasteiger charge is 2.10.